The molecule has 0 bridgehead atoms. The molecule has 0 radical (unpaired) electrons. The highest BCUT2D eigenvalue weighted by molar-refractivity contribution is 7.89. The molecule has 114 valence electrons. The third kappa shape index (κ3) is 4.26. The number of rotatable bonds is 7. The summed E-state index contributed by atoms with van der Waals surface area (Å²) in [6.07, 6.45) is 0.745. The fourth-order valence-corrected chi connectivity index (χ4v) is 3.02. The summed E-state index contributed by atoms with van der Waals surface area (Å²) < 4.78 is 39.8. The van der Waals surface area contributed by atoms with Crippen LogP contribution in [0.3, 0.4) is 0 Å². The Labute approximate surface area is 121 Å². The van der Waals surface area contributed by atoms with Crippen molar-refractivity contribution in [1.29, 1.82) is 0 Å². The molecule has 0 aliphatic rings. The molecule has 1 N–H and O–H groups in total. The third-order valence-corrected chi connectivity index (χ3v) is 4.98. The normalized spacial score (nSPS) is 12.3. The van der Waals surface area contributed by atoms with Gasteiger partial charge in [-0.25, -0.2) is 17.1 Å². The second-order valence-corrected chi connectivity index (χ2v) is 7.32. The van der Waals surface area contributed by atoms with Crippen molar-refractivity contribution in [2.75, 3.05) is 20.6 Å². The molecule has 20 heavy (non-hydrogen) atoms. The van der Waals surface area contributed by atoms with E-state index in [1.54, 1.807) is 13.1 Å². The summed E-state index contributed by atoms with van der Waals surface area (Å²) in [6.45, 7) is 4.93. The molecular formula is C14H23FN2O2S. The van der Waals surface area contributed by atoms with Crippen LogP contribution in [0.2, 0.25) is 0 Å². The Morgan fingerprint density at radius 3 is 2.50 bits per heavy atom. The van der Waals surface area contributed by atoms with Crippen LogP contribution in [0, 0.1) is 11.7 Å². The van der Waals surface area contributed by atoms with Crippen LogP contribution in [0.1, 0.15) is 25.8 Å². The van der Waals surface area contributed by atoms with Crippen LogP contribution in [0.15, 0.2) is 23.1 Å². The highest BCUT2D eigenvalue weighted by Gasteiger charge is 2.24. The SMILES string of the molecule is CNCc1ccc(S(=O)(=O)N(C)CCC(C)C)c(F)c1. The maximum absolute atomic E-state index is 14.0. The Balaban J connectivity index is 2.97. The molecule has 0 saturated heterocycles. The smallest absolute Gasteiger partial charge is 0.245 e. The molecule has 0 fully saturated rings. The van der Waals surface area contributed by atoms with Crippen LogP contribution in [-0.2, 0) is 16.6 Å². The summed E-state index contributed by atoms with van der Waals surface area (Å²) in [6, 6.07) is 4.23. The monoisotopic (exact) mass is 302 g/mol. The Hall–Kier alpha value is -0.980. The fraction of sp³-hybridized carbons (Fsp3) is 0.571. The molecule has 1 aromatic carbocycles. The van der Waals surface area contributed by atoms with Crippen LogP contribution in [-0.4, -0.2) is 33.4 Å². The van der Waals surface area contributed by atoms with E-state index in [-0.39, 0.29) is 4.90 Å². The number of nitrogens with zero attached hydrogens (tertiary/aromatic N) is 1. The van der Waals surface area contributed by atoms with E-state index < -0.39 is 15.8 Å². The van der Waals surface area contributed by atoms with Crippen LogP contribution in [0.5, 0.6) is 0 Å². The molecule has 1 aromatic rings. The molecular weight excluding hydrogens is 279 g/mol. The Kier molecular flexibility index (Phi) is 6.10. The largest absolute Gasteiger partial charge is 0.316 e. The van der Waals surface area contributed by atoms with E-state index >= 15 is 0 Å². The fourth-order valence-electron chi connectivity index (χ4n) is 1.80. The predicted molar refractivity (Wildman–Crippen MR) is 78.4 cm³/mol. The number of sulfonamides is 1. The van der Waals surface area contributed by atoms with E-state index in [9.17, 15) is 12.8 Å². The first-order valence-corrected chi connectivity index (χ1v) is 8.12. The molecule has 0 spiro atoms. The molecule has 0 unspecified atom stereocenters. The summed E-state index contributed by atoms with van der Waals surface area (Å²) in [5, 5.41) is 2.90. The molecule has 0 heterocycles. The van der Waals surface area contributed by atoms with Gasteiger partial charge in [-0.15, -0.1) is 0 Å². The van der Waals surface area contributed by atoms with Gasteiger partial charge in [-0.1, -0.05) is 19.9 Å². The van der Waals surface area contributed by atoms with E-state index in [0.29, 0.717) is 24.6 Å². The summed E-state index contributed by atoms with van der Waals surface area (Å²) in [7, 11) is -0.522. The van der Waals surface area contributed by atoms with E-state index in [4.69, 9.17) is 0 Å². The minimum absolute atomic E-state index is 0.261. The first-order valence-electron chi connectivity index (χ1n) is 6.68. The molecule has 0 atom stereocenters. The zero-order valence-electron chi connectivity index (χ0n) is 12.5. The van der Waals surface area contributed by atoms with Gasteiger partial charge < -0.3 is 5.32 Å². The Bertz CT molecular complexity index is 544. The van der Waals surface area contributed by atoms with E-state index in [2.05, 4.69) is 5.32 Å². The molecule has 0 amide bonds. The first kappa shape index (κ1) is 17.1. The quantitative estimate of drug-likeness (QED) is 0.840. The van der Waals surface area contributed by atoms with Gasteiger partial charge in [0.05, 0.1) is 0 Å². The first-order chi connectivity index (χ1) is 9.28. The number of halogens is 1. The second kappa shape index (κ2) is 7.15. The highest BCUT2D eigenvalue weighted by Crippen LogP contribution is 2.20. The molecule has 1 rings (SSSR count). The van der Waals surface area contributed by atoms with Crippen molar-refractivity contribution in [1.82, 2.24) is 9.62 Å². The summed E-state index contributed by atoms with van der Waals surface area (Å²) in [5.41, 5.74) is 0.716. The van der Waals surface area contributed by atoms with Crippen molar-refractivity contribution in [3.63, 3.8) is 0 Å². The minimum atomic E-state index is -3.76. The van der Waals surface area contributed by atoms with Gasteiger partial charge in [-0.05, 0) is 37.1 Å². The van der Waals surface area contributed by atoms with Crippen molar-refractivity contribution in [3.8, 4) is 0 Å². The topological polar surface area (TPSA) is 49.4 Å². The van der Waals surface area contributed by atoms with Gasteiger partial charge in [-0.3, -0.25) is 0 Å². The van der Waals surface area contributed by atoms with Gasteiger partial charge in [0, 0.05) is 20.1 Å². The highest BCUT2D eigenvalue weighted by atomic mass is 32.2. The van der Waals surface area contributed by atoms with Crippen molar-refractivity contribution < 1.29 is 12.8 Å². The average Bonchev–Trinajstić information content (AvgIpc) is 2.35. The van der Waals surface area contributed by atoms with E-state index in [1.807, 2.05) is 13.8 Å². The lowest BCUT2D eigenvalue weighted by molar-refractivity contribution is 0.424. The van der Waals surface area contributed by atoms with E-state index in [0.717, 1.165) is 6.42 Å². The van der Waals surface area contributed by atoms with Crippen molar-refractivity contribution >= 4 is 10.0 Å². The standard InChI is InChI=1S/C14H23FN2O2S/c1-11(2)7-8-17(4)20(18,19)14-6-5-12(10-16-3)9-13(14)15/h5-6,9,11,16H,7-8,10H2,1-4H3. The molecule has 6 heteroatoms. The van der Waals surface area contributed by atoms with Crippen LogP contribution in [0.4, 0.5) is 4.39 Å². The molecule has 0 aliphatic heterocycles. The number of hydrogen-bond donors (Lipinski definition) is 1. The zero-order chi connectivity index (χ0) is 15.3. The van der Waals surface area contributed by atoms with E-state index in [1.165, 1.54) is 23.5 Å². The molecule has 0 aliphatic carbocycles. The molecule has 0 aromatic heterocycles. The van der Waals surface area contributed by atoms with Crippen molar-refractivity contribution in [3.05, 3.63) is 29.6 Å². The van der Waals surface area contributed by atoms with Crippen LogP contribution in [0.25, 0.3) is 0 Å². The average molecular weight is 302 g/mol. The Morgan fingerprint density at radius 2 is 2.00 bits per heavy atom. The molecule has 4 nitrogen and oxygen atoms in total. The van der Waals surface area contributed by atoms with Crippen LogP contribution < -0.4 is 5.32 Å². The van der Waals surface area contributed by atoms with Gasteiger partial charge in [0.15, 0.2) is 0 Å². The molecule has 0 saturated carbocycles. The predicted octanol–water partition coefficient (Wildman–Crippen LogP) is 2.21. The van der Waals surface area contributed by atoms with Gasteiger partial charge in [0.25, 0.3) is 0 Å². The number of benzene rings is 1. The van der Waals surface area contributed by atoms with Crippen molar-refractivity contribution in [2.24, 2.45) is 5.92 Å². The lowest BCUT2D eigenvalue weighted by Gasteiger charge is -2.18. The summed E-state index contributed by atoms with van der Waals surface area (Å²) >= 11 is 0. The van der Waals surface area contributed by atoms with Crippen molar-refractivity contribution in [2.45, 2.75) is 31.7 Å². The lowest BCUT2D eigenvalue weighted by Crippen LogP contribution is -2.29. The minimum Gasteiger partial charge on any atom is -0.316 e. The lowest BCUT2D eigenvalue weighted by atomic mass is 10.1. The van der Waals surface area contributed by atoms with Crippen LogP contribution >= 0.6 is 0 Å². The number of nitrogens with one attached hydrogen (secondary N) is 1. The summed E-state index contributed by atoms with van der Waals surface area (Å²) in [4.78, 5) is -0.261. The third-order valence-electron chi connectivity index (χ3n) is 3.09. The number of hydrogen-bond acceptors (Lipinski definition) is 3. The zero-order valence-corrected chi connectivity index (χ0v) is 13.3. The van der Waals surface area contributed by atoms with Gasteiger partial charge >= 0.3 is 0 Å². The summed E-state index contributed by atoms with van der Waals surface area (Å²) in [5.74, 6) is -0.301. The maximum Gasteiger partial charge on any atom is 0.245 e. The second-order valence-electron chi connectivity index (χ2n) is 5.30. The van der Waals surface area contributed by atoms with Gasteiger partial charge in [0.2, 0.25) is 10.0 Å². The van der Waals surface area contributed by atoms with Gasteiger partial charge in [-0.2, -0.15) is 0 Å². The maximum atomic E-state index is 14.0. The van der Waals surface area contributed by atoms with Gasteiger partial charge in [0.1, 0.15) is 10.7 Å². The Morgan fingerprint density at radius 1 is 1.35 bits per heavy atom.